The summed E-state index contributed by atoms with van der Waals surface area (Å²) in [5.74, 6) is -2.27. The Hall–Kier alpha value is -4.43. The molecule has 9 nitrogen and oxygen atoms in total. The molecule has 17 heteroatoms. The van der Waals surface area contributed by atoms with Crippen molar-refractivity contribution in [2.24, 2.45) is 0 Å². The second-order valence-electron chi connectivity index (χ2n) is 11.9. The Kier molecular flexibility index (Phi) is 13.7. The summed E-state index contributed by atoms with van der Waals surface area (Å²) in [6.45, 7) is 1.68. The largest absolute Gasteiger partial charge is 1.00 e. The van der Waals surface area contributed by atoms with Crippen molar-refractivity contribution in [1.29, 1.82) is 5.26 Å². The number of aliphatic hydroxyl groups is 1. The van der Waals surface area contributed by atoms with Crippen LogP contribution in [0.1, 0.15) is 60.1 Å². The first-order valence-corrected chi connectivity index (χ1v) is 15.1. The van der Waals surface area contributed by atoms with E-state index in [1.807, 2.05) is 0 Å². The van der Waals surface area contributed by atoms with Crippen molar-refractivity contribution >= 4 is 11.9 Å². The van der Waals surface area contributed by atoms with E-state index in [1.54, 1.807) is 6.07 Å². The minimum Gasteiger partial charge on any atom is -0.550 e. The Morgan fingerprint density at radius 1 is 0.942 bits per heavy atom. The summed E-state index contributed by atoms with van der Waals surface area (Å²) in [6, 6.07) is 9.25. The van der Waals surface area contributed by atoms with Crippen LogP contribution in [0.5, 0.6) is 11.5 Å². The first-order chi connectivity index (χ1) is 23.8. The number of aromatic nitrogens is 2. The van der Waals surface area contributed by atoms with E-state index >= 15 is 4.39 Å². The molecule has 1 N–H and O–H groups in total. The summed E-state index contributed by atoms with van der Waals surface area (Å²) >= 11 is 0. The zero-order chi connectivity index (χ0) is 37.7. The van der Waals surface area contributed by atoms with Crippen molar-refractivity contribution < 1.29 is 84.8 Å². The standard InChI is InChI=1S/C35H31F7N4O5.Na/c1-33(2,49)28-13-27(30(50-3)14-29(28)36)26-7-6-23(34(37,38)39)12-22(26)19-46(18-21-9-20(15-43)10-24(11-21)35(40,41)42)32-44-16-25(17-45-32)51-8-4-5-31(47)48;/h6-7,9-14,16-17,49H,4-5,8,18-19H2,1-3H3,(H,47,48);/q;+1/p-1. The topological polar surface area (TPSA) is 132 Å². The van der Waals surface area contributed by atoms with E-state index in [4.69, 9.17) is 9.47 Å². The van der Waals surface area contributed by atoms with Gasteiger partial charge in [-0.15, -0.1) is 0 Å². The monoisotopic (exact) mass is 742 g/mol. The molecule has 0 bridgehead atoms. The molecule has 0 atom stereocenters. The number of carbonyl (C=O) groups is 1. The molecular formula is C35H30F7N4NaO5. The molecule has 4 aromatic rings. The second-order valence-corrected chi connectivity index (χ2v) is 11.9. The molecule has 3 aromatic carbocycles. The molecule has 0 aliphatic carbocycles. The van der Waals surface area contributed by atoms with Gasteiger partial charge in [-0.05, 0) is 79.8 Å². The van der Waals surface area contributed by atoms with Crippen LogP contribution in [0.15, 0.2) is 60.9 Å². The first kappa shape index (κ1) is 42.0. The minimum atomic E-state index is -4.83. The molecular weight excluding hydrogens is 712 g/mol. The molecule has 52 heavy (non-hydrogen) atoms. The fourth-order valence-corrected chi connectivity index (χ4v) is 5.16. The summed E-state index contributed by atoms with van der Waals surface area (Å²) < 4.78 is 109. The molecule has 0 amide bonds. The Morgan fingerprint density at radius 2 is 1.60 bits per heavy atom. The van der Waals surface area contributed by atoms with Crippen LogP contribution in [0, 0.1) is 17.1 Å². The van der Waals surface area contributed by atoms with Crippen LogP contribution < -0.4 is 49.0 Å². The Morgan fingerprint density at radius 3 is 2.15 bits per heavy atom. The number of halogens is 7. The summed E-state index contributed by atoms with van der Waals surface area (Å²) in [6.07, 6.45) is -7.45. The van der Waals surface area contributed by atoms with E-state index in [1.165, 1.54) is 50.4 Å². The fraction of sp³-hybridized carbons (Fsp3) is 0.314. The summed E-state index contributed by atoms with van der Waals surface area (Å²) in [5, 5.41) is 30.7. The average Bonchev–Trinajstić information content (AvgIpc) is 3.05. The van der Waals surface area contributed by atoms with Gasteiger partial charge in [0.2, 0.25) is 5.95 Å². The predicted octanol–water partition coefficient (Wildman–Crippen LogP) is 3.55. The maximum absolute atomic E-state index is 15.0. The zero-order valence-corrected chi connectivity index (χ0v) is 30.3. The van der Waals surface area contributed by atoms with Crippen LogP contribution in [-0.4, -0.2) is 34.8 Å². The zero-order valence-electron chi connectivity index (χ0n) is 28.3. The number of carboxylic acid groups (broad SMARTS) is 1. The normalized spacial score (nSPS) is 11.7. The summed E-state index contributed by atoms with van der Waals surface area (Å²) in [7, 11) is 1.22. The van der Waals surface area contributed by atoms with E-state index in [2.05, 4.69) is 9.97 Å². The quantitative estimate of drug-likeness (QED) is 0.124. The van der Waals surface area contributed by atoms with E-state index in [0.717, 1.165) is 30.3 Å². The number of nitriles is 1. The second kappa shape index (κ2) is 16.9. The molecule has 0 unspecified atom stereocenters. The van der Waals surface area contributed by atoms with E-state index in [0.29, 0.717) is 6.07 Å². The van der Waals surface area contributed by atoms with Crippen LogP contribution in [0.3, 0.4) is 0 Å². The van der Waals surface area contributed by atoms with Gasteiger partial charge in [0.25, 0.3) is 0 Å². The predicted molar refractivity (Wildman–Crippen MR) is 166 cm³/mol. The van der Waals surface area contributed by atoms with Gasteiger partial charge in [-0.2, -0.15) is 31.6 Å². The molecule has 0 saturated heterocycles. The van der Waals surface area contributed by atoms with Crippen LogP contribution in [0.25, 0.3) is 11.1 Å². The van der Waals surface area contributed by atoms with Crippen LogP contribution in [-0.2, 0) is 35.8 Å². The number of methoxy groups -OCH3 is 1. The van der Waals surface area contributed by atoms with Crippen LogP contribution in [0.4, 0.5) is 36.7 Å². The van der Waals surface area contributed by atoms with Crippen LogP contribution in [0.2, 0.25) is 0 Å². The number of carboxylic acids is 1. The van der Waals surface area contributed by atoms with Crippen molar-refractivity contribution in [2.45, 2.75) is 57.7 Å². The fourth-order valence-electron chi connectivity index (χ4n) is 5.16. The third kappa shape index (κ3) is 10.8. The molecule has 0 saturated carbocycles. The van der Waals surface area contributed by atoms with Crippen molar-refractivity contribution in [2.75, 3.05) is 18.6 Å². The molecule has 0 fully saturated rings. The Balaban J connectivity index is 0.00000729. The number of aliphatic carboxylic acids is 1. The third-order valence-electron chi connectivity index (χ3n) is 7.55. The Labute approximate surface area is 315 Å². The number of rotatable bonds is 13. The van der Waals surface area contributed by atoms with Gasteiger partial charge in [0, 0.05) is 36.3 Å². The molecule has 0 spiro atoms. The van der Waals surface area contributed by atoms with E-state index in [-0.39, 0.29) is 99.8 Å². The van der Waals surface area contributed by atoms with E-state index in [9.17, 15) is 46.6 Å². The number of carbonyl (C=O) groups excluding carboxylic acids is 1. The number of alkyl halides is 6. The number of benzene rings is 3. The van der Waals surface area contributed by atoms with Gasteiger partial charge in [0.1, 0.15) is 11.6 Å². The SMILES string of the molecule is COc1cc(F)c(C(C)(C)O)cc1-c1ccc(C(F)(F)F)cc1CN(Cc1cc(C#N)cc(C(F)(F)F)c1)c1ncc(OCCCC(=O)[O-])cn1.[Na+]. The molecule has 4 rings (SSSR count). The first-order valence-electron chi connectivity index (χ1n) is 15.1. The number of ether oxygens (including phenoxy) is 2. The van der Waals surface area contributed by atoms with Crippen molar-refractivity contribution in [3.63, 3.8) is 0 Å². The van der Waals surface area contributed by atoms with Gasteiger partial charge in [-0.25, -0.2) is 14.4 Å². The Bertz CT molecular complexity index is 1930. The van der Waals surface area contributed by atoms with Gasteiger partial charge in [0.05, 0.1) is 54.5 Å². The number of hydrogen-bond donors (Lipinski definition) is 1. The molecule has 0 aliphatic heterocycles. The number of hydrogen-bond acceptors (Lipinski definition) is 9. The van der Waals surface area contributed by atoms with Gasteiger partial charge in [0.15, 0.2) is 5.75 Å². The smallest absolute Gasteiger partial charge is 0.550 e. The number of nitrogens with zero attached hydrogens (tertiary/aromatic N) is 4. The van der Waals surface area contributed by atoms with Crippen molar-refractivity contribution in [1.82, 2.24) is 9.97 Å². The number of anilines is 1. The maximum Gasteiger partial charge on any atom is 1.00 e. The molecule has 0 radical (unpaired) electrons. The van der Waals surface area contributed by atoms with Gasteiger partial charge < -0.3 is 29.4 Å². The van der Waals surface area contributed by atoms with Crippen molar-refractivity contribution in [3.05, 3.63) is 100 Å². The van der Waals surface area contributed by atoms with Crippen LogP contribution >= 0.6 is 0 Å². The third-order valence-corrected chi connectivity index (χ3v) is 7.55. The summed E-state index contributed by atoms with van der Waals surface area (Å²) in [5.41, 5.74) is -4.34. The average molecular weight is 743 g/mol. The minimum absolute atomic E-state index is 0. The molecule has 0 aliphatic rings. The van der Waals surface area contributed by atoms with Gasteiger partial charge >= 0.3 is 41.9 Å². The molecule has 270 valence electrons. The molecule has 1 aromatic heterocycles. The van der Waals surface area contributed by atoms with E-state index < -0.39 is 54.0 Å². The van der Waals surface area contributed by atoms with Gasteiger partial charge in [-0.1, -0.05) is 6.07 Å². The van der Waals surface area contributed by atoms with Crippen molar-refractivity contribution in [3.8, 4) is 28.7 Å². The summed E-state index contributed by atoms with van der Waals surface area (Å²) in [4.78, 5) is 20.4. The van der Waals surface area contributed by atoms with Gasteiger partial charge in [-0.3, -0.25) is 0 Å². The maximum atomic E-state index is 15.0. The molecule has 1 heterocycles.